The summed E-state index contributed by atoms with van der Waals surface area (Å²) in [5.41, 5.74) is 6.15. The van der Waals surface area contributed by atoms with E-state index in [1.807, 2.05) is 37.3 Å². The van der Waals surface area contributed by atoms with Crippen molar-refractivity contribution in [3.8, 4) is 28.3 Å². The average molecular weight is 298 g/mol. The van der Waals surface area contributed by atoms with Gasteiger partial charge in [-0.1, -0.05) is 66.7 Å². The Hall–Kier alpha value is -3.05. The van der Waals surface area contributed by atoms with Gasteiger partial charge in [-0.05, 0) is 29.7 Å². The molecule has 3 aromatic carbocycles. The third kappa shape index (κ3) is 3.09. The molecule has 0 spiro atoms. The molecule has 0 bridgehead atoms. The molecule has 0 aromatic heterocycles. The molecule has 0 radical (unpaired) electrons. The molecule has 0 aliphatic rings. The summed E-state index contributed by atoms with van der Waals surface area (Å²) in [7, 11) is 0. The smallest absolute Gasteiger partial charge is 0.101 e. The summed E-state index contributed by atoms with van der Waals surface area (Å²) in [6, 6.07) is 26.9. The van der Waals surface area contributed by atoms with Crippen LogP contribution in [0, 0.1) is 11.3 Å². The van der Waals surface area contributed by atoms with Crippen LogP contribution in [0.25, 0.3) is 22.3 Å². The van der Waals surface area contributed by atoms with Crippen molar-refractivity contribution in [3.63, 3.8) is 0 Å². The van der Waals surface area contributed by atoms with Crippen molar-refractivity contribution < 1.29 is 0 Å². The second kappa shape index (κ2) is 6.81. The van der Waals surface area contributed by atoms with Crippen LogP contribution in [-0.2, 0) is 0 Å². The summed E-state index contributed by atoms with van der Waals surface area (Å²) in [4.78, 5) is 0. The largest absolute Gasteiger partial charge is 0.384 e. The molecule has 3 aromatic rings. The maximum Gasteiger partial charge on any atom is 0.101 e. The van der Waals surface area contributed by atoms with E-state index in [0.717, 1.165) is 23.4 Å². The zero-order valence-corrected chi connectivity index (χ0v) is 13.1. The van der Waals surface area contributed by atoms with E-state index in [1.165, 1.54) is 11.1 Å². The van der Waals surface area contributed by atoms with Crippen molar-refractivity contribution in [2.75, 3.05) is 11.9 Å². The summed E-state index contributed by atoms with van der Waals surface area (Å²) < 4.78 is 0. The number of nitrogens with one attached hydrogen (secondary N) is 1. The normalized spacial score (nSPS) is 10.1. The molecule has 0 fully saturated rings. The molecule has 0 saturated carbocycles. The third-order valence-corrected chi connectivity index (χ3v) is 3.84. The molecule has 2 heteroatoms. The third-order valence-electron chi connectivity index (χ3n) is 3.84. The highest BCUT2D eigenvalue weighted by molar-refractivity contribution is 5.83. The van der Waals surface area contributed by atoms with E-state index >= 15 is 0 Å². The first-order valence-electron chi connectivity index (χ1n) is 7.76. The lowest BCUT2D eigenvalue weighted by atomic mass is 9.97. The van der Waals surface area contributed by atoms with Gasteiger partial charge in [-0.25, -0.2) is 0 Å². The molecule has 0 unspecified atom stereocenters. The minimum atomic E-state index is 0.677. The molecule has 2 nitrogen and oxygen atoms in total. The van der Waals surface area contributed by atoms with E-state index in [-0.39, 0.29) is 0 Å². The molecule has 112 valence electrons. The Morgan fingerprint density at radius 2 is 1.43 bits per heavy atom. The molecular formula is C21H18N2. The fourth-order valence-electron chi connectivity index (χ4n) is 2.73. The Morgan fingerprint density at radius 3 is 2.09 bits per heavy atom. The van der Waals surface area contributed by atoms with Gasteiger partial charge in [-0.15, -0.1) is 0 Å². The van der Waals surface area contributed by atoms with Gasteiger partial charge < -0.3 is 5.32 Å². The van der Waals surface area contributed by atoms with Crippen LogP contribution in [0.15, 0.2) is 72.8 Å². The van der Waals surface area contributed by atoms with Crippen LogP contribution in [0.2, 0.25) is 0 Å². The molecule has 0 aliphatic carbocycles. The number of hydrogen-bond acceptors (Lipinski definition) is 2. The summed E-state index contributed by atoms with van der Waals surface area (Å²) >= 11 is 0. The Morgan fingerprint density at radius 1 is 0.783 bits per heavy atom. The fourth-order valence-corrected chi connectivity index (χ4v) is 2.73. The first-order chi connectivity index (χ1) is 11.3. The van der Waals surface area contributed by atoms with E-state index in [0.29, 0.717) is 5.56 Å². The van der Waals surface area contributed by atoms with Crippen LogP contribution >= 0.6 is 0 Å². The lowest BCUT2D eigenvalue weighted by Gasteiger charge is -2.13. The van der Waals surface area contributed by atoms with Gasteiger partial charge in [0.25, 0.3) is 0 Å². The fraction of sp³-hybridized carbons (Fsp3) is 0.0952. The van der Waals surface area contributed by atoms with Crippen molar-refractivity contribution in [2.45, 2.75) is 6.92 Å². The van der Waals surface area contributed by atoms with Crippen LogP contribution in [-0.4, -0.2) is 6.54 Å². The van der Waals surface area contributed by atoms with Gasteiger partial charge in [0, 0.05) is 12.1 Å². The zero-order valence-electron chi connectivity index (χ0n) is 13.1. The summed E-state index contributed by atoms with van der Waals surface area (Å²) in [6.07, 6.45) is 0. The first kappa shape index (κ1) is 14.9. The molecule has 23 heavy (non-hydrogen) atoms. The highest BCUT2D eigenvalue weighted by Crippen LogP contribution is 2.32. The van der Waals surface area contributed by atoms with Crippen molar-refractivity contribution in [2.24, 2.45) is 0 Å². The summed E-state index contributed by atoms with van der Waals surface area (Å²) in [6.45, 7) is 2.82. The van der Waals surface area contributed by atoms with Gasteiger partial charge in [0.2, 0.25) is 0 Å². The van der Waals surface area contributed by atoms with Gasteiger partial charge in [0.1, 0.15) is 6.07 Å². The number of nitriles is 1. The molecule has 1 N–H and O–H groups in total. The Balaban J connectivity index is 2.02. The SMILES string of the molecule is CCNc1c(C#N)cccc1-c1ccc(-c2ccccc2)cc1. The Labute approximate surface area is 137 Å². The van der Waals surface area contributed by atoms with Gasteiger partial charge in [-0.3, -0.25) is 0 Å². The van der Waals surface area contributed by atoms with Crippen LogP contribution < -0.4 is 5.32 Å². The van der Waals surface area contributed by atoms with E-state index < -0.39 is 0 Å². The number of hydrogen-bond donors (Lipinski definition) is 1. The molecule has 0 atom stereocenters. The number of para-hydroxylation sites is 1. The van der Waals surface area contributed by atoms with Crippen LogP contribution in [0.5, 0.6) is 0 Å². The zero-order chi connectivity index (χ0) is 16.1. The van der Waals surface area contributed by atoms with Crippen LogP contribution in [0.3, 0.4) is 0 Å². The molecular weight excluding hydrogens is 280 g/mol. The number of anilines is 1. The monoisotopic (exact) mass is 298 g/mol. The second-order valence-corrected chi connectivity index (χ2v) is 5.31. The van der Waals surface area contributed by atoms with Crippen LogP contribution in [0.4, 0.5) is 5.69 Å². The van der Waals surface area contributed by atoms with E-state index in [1.54, 1.807) is 0 Å². The highest BCUT2D eigenvalue weighted by atomic mass is 14.9. The van der Waals surface area contributed by atoms with Crippen molar-refractivity contribution in [1.82, 2.24) is 0 Å². The molecule has 0 aliphatic heterocycles. The van der Waals surface area contributed by atoms with Crippen molar-refractivity contribution >= 4 is 5.69 Å². The second-order valence-electron chi connectivity index (χ2n) is 5.31. The Bertz CT molecular complexity index is 828. The standard InChI is InChI=1S/C21H18N2/c1-2-23-21-19(15-22)9-6-10-20(21)18-13-11-17(12-14-18)16-7-4-3-5-8-16/h3-14,23H,2H2,1H3. The first-order valence-corrected chi connectivity index (χ1v) is 7.76. The number of nitrogens with zero attached hydrogens (tertiary/aromatic N) is 1. The highest BCUT2D eigenvalue weighted by Gasteiger charge is 2.09. The Kier molecular flexibility index (Phi) is 4.40. The van der Waals surface area contributed by atoms with Crippen molar-refractivity contribution in [3.05, 3.63) is 78.4 Å². The molecule has 0 saturated heterocycles. The van der Waals surface area contributed by atoms with E-state index in [9.17, 15) is 5.26 Å². The molecule has 0 heterocycles. The maximum absolute atomic E-state index is 9.32. The number of benzene rings is 3. The van der Waals surface area contributed by atoms with Crippen LogP contribution in [0.1, 0.15) is 12.5 Å². The van der Waals surface area contributed by atoms with Gasteiger partial charge in [0.05, 0.1) is 11.3 Å². The maximum atomic E-state index is 9.32. The van der Waals surface area contributed by atoms with Crippen molar-refractivity contribution in [1.29, 1.82) is 5.26 Å². The van der Waals surface area contributed by atoms with Gasteiger partial charge in [0.15, 0.2) is 0 Å². The minimum absolute atomic E-state index is 0.677. The molecule has 3 rings (SSSR count). The van der Waals surface area contributed by atoms with E-state index in [2.05, 4.69) is 53.9 Å². The topological polar surface area (TPSA) is 35.8 Å². The summed E-state index contributed by atoms with van der Waals surface area (Å²) in [5, 5.41) is 12.6. The lowest BCUT2D eigenvalue weighted by molar-refractivity contribution is 1.21. The molecule has 0 amide bonds. The predicted octanol–water partition coefficient (Wildman–Crippen LogP) is 5.32. The summed E-state index contributed by atoms with van der Waals surface area (Å²) in [5.74, 6) is 0. The van der Waals surface area contributed by atoms with Gasteiger partial charge in [-0.2, -0.15) is 5.26 Å². The average Bonchev–Trinajstić information content (AvgIpc) is 2.63. The lowest BCUT2D eigenvalue weighted by Crippen LogP contribution is -2.01. The van der Waals surface area contributed by atoms with E-state index in [4.69, 9.17) is 0 Å². The minimum Gasteiger partial charge on any atom is -0.384 e. The number of rotatable bonds is 4. The predicted molar refractivity (Wildman–Crippen MR) is 96.2 cm³/mol. The van der Waals surface area contributed by atoms with Gasteiger partial charge >= 0.3 is 0 Å². The quantitative estimate of drug-likeness (QED) is 0.707.